The summed E-state index contributed by atoms with van der Waals surface area (Å²) in [5, 5.41) is 12.6. The fraction of sp³-hybridized carbons (Fsp3) is 0.222. The van der Waals surface area contributed by atoms with E-state index in [-0.39, 0.29) is 16.7 Å². The molecule has 5 atom stereocenters. The minimum Gasteiger partial charge on any atom is -0.831 e. The molecule has 35 heavy (non-hydrogen) atoms. The van der Waals surface area contributed by atoms with Gasteiger partial charge in [-0.1, -0.05) is 54.6 Å². The summed E-state index contributed by atoms with van der Waals surface area (Å²) < 4.78 is 30.1. The van der Waals surface area contributed by atoms with Crippen molar-refractivity contribution >= 4 is 17.9 Å². The van der Waals surface area contributed by atoms with Gasteiger partial charge < -0.3 is 24.1 Å². The van der Waals surface area contributed by atoms with Crippen LogP contribution in [0.3, 0.4) is 0 Å². The molecule has 4 rings (SSSR count). The van der Waals surface area contributed by atoms with Crippen LogP contribution in [-0.2, 0) is 18.9 Å². The van der Waals surface area contributed by atoms with Crippen molar-refractivity contribution < 1.29 is 39.8 Å². The quantitative estimate of drug-likeness (QED) is 0.378. The molecule has 1 heterocycles. The molecule has 3 aromatic carbocycles. The molecule has 180 valence electrons. The van der Waals surface area contributed by atoms with Crippen LogP contribution in [0.4, 0.5) is 0 Å². The maximum atomic E-state index is 12.8. The molecule has 0 aliphatic carbocycles. The zero-order valence-corrected chi connectivity index (χ0v) is 18.5. The Morgan fingerprint density at radius 2 is 1.23 bits per heavy atom. The number of esters is 3. The fourth-order valence-corrected chi connectivity index (χ4v) is 3.50. The molecule has 8 nitrogen and oxygen atoms in total. The molecule has 0 aromatic heterocycles. The minimum atomic E-state index is -1.94. The van der Waals surface area contributed by atoms with Gasteiger partial charge in [0.1, 0.15) is 18.8 Å². The summed E-state index contributed by atoms with van der Waals surface area (Å²) >= 11 is 0. The molecule has 1 fully saturated rings. The average Bonchev–Trinajstić information content (AvgIpc) is 2.92. The summed E-state index contributed by atoms with van der Waals surface area (Å²) in [4.78, 5) is 38.0. The summed E-state index contributed by atoms with van der Waals surface area (Å²) in [6, 6.07) is 24.2. The van der Waals surface area contributed by atoms with Crippen LogP contribution in [0, 0.1) is 0 Å². The van der Waals surface area contributed by atoms with E-state index in [4.69, 9.17) is 20.3 Å². The molecular formula is C27H23O8-. The number of rotatable bonds is 7. The standard InChI is InChI=1S/C27H23O8/c28-23-16-21(34-26(30)19-12-6-2-7-13-19)24(35-27(31)20-14-8-3-9-15-20)22(33-23)17-32-25(29)18-10-4-1-5-11-18/h1-15,21-24H,16-17H2/q-1/t21-,22-,23-,24+/m1/s1/i16D/t16-,21+,22+,23+,24-/m0. The highest BCUT2D eigenvalue weighted by molar-refractivity contribution is 5.90. The predicted octanol–water partition coefficient (Wildman–Crippen LogP) is 2.77. The van der Waals surface area contributed by atoms with Gasteiger partial charge in [0.15, 0.2) is 6.10 Å². The third-order valence-corrected chi connectivity index (χ3v) is 5.24. The molecule has 1 aliphatic rings. The second-order valence-electron chi connectivity index (χ2n) is 7.67. The topological polar surface area (TPSA) is 111 Å². The molecule has 0 N–H and O–H groups in total. The second-order valence-corrected chi connectivity index (χ2v) is 7.67. The normalized spacial score (nSPS) is 24.0. The van der Waals surface area contributed by atoms with E-state index in [1.54, 1.807) is 66.7 Å². The predicted molar refractivity (Wildman–Crippen MR) is 121 cm³/mol. The SMILES string of the molecule is [2H][C@H]1[C@@H](OC(=O)c2ccccc2)[C@H](OC(=O)c2ccccc2)[C@@H](COC(=O)c2ccccc2)O[C@H]1[O-]. The fourth-order valence-electron chi connectivity index (χ4n) is 3.50. The van der Waals surface area contributed by atoms with Gasteiger partial charge in [0.2, 0.25) is 0 Å². The van der Waals surface area contributed by atoms with Crippen LogP contribution in [0.25, 0.3) is 0 Å². The van der Waals surface area contributed by atoms with E-state index >= 15 is 0 Å². The Balaban J connectivity index is 1.57. The van der Waals surface area contributed by atoms with Gasteiger partial charge in [-0.15, -0.1) is 0 Å². The number of hydrogen-bond donors (Lipinski definition) is 0. The molecule has 0 bridgehead atoms. The van der Waals surface area contributed by atoms with Crippen molar-refractivity contribution in [2.75, 3.05) is 6.61 Å². The van der Waals surface area contributed by atoms with Crippen molar-refractivity contribution in [2.45, 2.75) is 31.0 Å². The first kappa shape index (κ1) is 22.8. The molecule has 0 unspecified atom stereocenters. The molecule has 0 amide bonds. The molecule has 0 saturated carbocycles. The first-order valence-corrected chi connectivity index (χ1v) is 10.9. The van der Waals surface area contributed by atoms with Gasteiger partial charge in [0.05, 0.1) is 16.7 Å². The van der Waals surface area contributed by atoms with Crippen LogP contribution in [0.5, 0.6) is 0 Å². The Labute approximate surface area is 203 Å². The van der Waals surface area contributed by atoms with Crippen LogP contribution in [0.1, 0.15) is 38.8 Å². The number of hydrogen-bond acceptors (Lipinski definition) is 8. The van der Waals surface area contributed by atoms with E-state index in [1.807, 2.05) is 0 Å². The van der Waals surface area contributed by atoms with Gasteiger partial charge >= 0.3 is 17.9 Å². The van der Waals surface area contributed by atoms with Gasteiger partial charge in [-0.25, -0.2) is 14.4 Å². The maximum Gasteiger partial charge on any atom is 0.338 e. The van der Waals surface area contributed by atoms with Crippen LogP contribution in [0.2, 0.25) is 0 Å². The number of carbonyl (C=O) groups is 3. The van der Waals surface area contributed by atoms with Crippen LogP contribution in [-0.4, -0.2) is 49.1 Å². The number of carbonyl (C=O) groups excluding carboxylic acids is 3. The van der Waals surface area contributed by atoms with Crippen LogP contribution < -0.4 is 5.11 Å². The third kappa shape index (κ3) is 6.32. The van der Waals surface area contributed by atoms with E-state index in [0.717, 1.165) is 0 Å². The lowest BCUT2D eigenvalue weighted by atomic mass is 10.0. The van der Waals surface area contributed by atoms with E-state index in [0.29, 0.717) is 0 Å². The first-order chi connectivity index (χ1) is 17.4. The summed E-state index contributed by atoms with van der Waals surface area (Å²) in [5.74, 6) is -2.26. The highest BCUT2D eigenvalue weighted by Crippen LogP contribution is 2.26. The second kappa shape index (κ2) is 11.4. The van der Waals surface area contributed by atoms with Crippen molar-refractivity contribution in [3.63, 3.8) is 0 Å². The van der Waals surface area contributed by atoms with Crippen molar-refractivity contribution in [1.29, 1.82) is 0 Å². The molecule has 3 aromatic rings. The Morgan fingerprint density at radius 1 is 0.771 bits per heavy atom. The Hall–Kier alpha value is -4.01. The lowest BCUT2D eigenvalue weighted by Gasteiger charge is -2.43. The van der Waals surface area contributed by atoms with Gasteiger partial charge in [-0.3, -0.25) is 0 Å². The molecule has 0 radical (unpaired) electrons. The lowest BCUT2D eigenvalue weighted by Crippen LogP contribution is -2.56. The van der Waals surface area contributed by atoms with Crippen LogP contribution >= 0.6 is 0 Å². The highest BCUT2D eigenvalue weighted by Gasteiger charge is 2.42. The summed E-state index contributed by atoms with van der Waals surface area (Å²) in [5.41, 5.74) is 0.672. The number of ether oxygens (including phenoxy) is 4. The molecule has 1 saturated heterocycles. The van der Waals surface area contributed by atoms with E-state index in [1.165, 1.54) is 24.3 Å². The zero-order valence-electron chi connectivity index (χ0n) is 19.5. The Morgan fingerprint density at radius 3 is 1.74 bits per heavy atom. The first-order valence-electron chi connectivity index (χ1n) is 11.5. The zero-order chi connectivity index (χ0) is 25.5. The van der Waals surface area contributed by atoms with Crippen LogP contribution in [0.15, 0.2) is 91.0 Å². The van der Waals surface area contributed by atoms with E-state index in [9.17, 15) is 19.5 Å². The average molecular weight is 476 g/mol. The van der Waals surface area contributed by atoms with Gasteiger partial charge in [-0.05, 0) is 49.1 Å². The third-order valence-electron chi connectivity index (χ3n) is 5.24. The summed E-state index contributed by atoms with van der Waals surface area (Å²) in [6.45, 7) is -0.467. The van der Waals surface area contributed by atoms with Crippen molar-refractivity contribution in [2.24, 2.45) is 0 Å². The molecule has 1 aliphatic heterocycles. The van der Waals surface area contributed by atoms with Gasteiger partial charge in [0, 0.05) is 1.37 Å². The van der Waals surface area contributed by atoms with Gasteiger partial charge in [0.25, 0.3) is 0 Å². The lowest BCUT2D eigenvalue weighted by molar-refractivity contribution is -0.513. The van der Waals surface area contributed by atoms with Crippen molar-refractivity contribution in [3.8, 4) is 0 Å². The largest absolute Gasteiger partial charge is 0.831 e. The van der Waals surface area contributed by atoms with E-state index < -0.39 is 55.5 Å². The summed E-state index contributed by atoms with van der Waals surface area (Å²) in [7, 11) is 0. The monoisotopic (exact) mass is 476 g/mol. The summed E-state index contributed by atoms with van der Waals surface area (Å²) in [6.07, 6.45) is -7.68. The smallest absolute Gasteiger partial charge is 0.338 e. The maximum absolute atomic E-state index is 12.8. The van der Waals surface area contributed by atoms with Crippen molar-refractivity contribution in [1.82, 2.24) is 0 Å². The Bertz CT molecular complexity index is 1170. The highest BCUT2D eigenvalue weighted by atomic mass is 16.7. The minimum absolute atomic E-state index is 0.193. The molecule has 8 heteroatoms. The molecule has 0 spiro atoms. The van der Waals surface area contributed by atoms with Crippen molar-refractivity contribution in [3.05, 3.63) is 108 Å². The molecular weight excluding hydrogens is 452 g/mol. The van der Waals surface area contributed by atoms with Gasteiger partial charge in [-0.2, -0.15) is 0 Å². The van der Waals surface area contributed by atoms with E-state index in [2.05, 4.69) is 0 Å². The Kier molecular flexibility index (Phi) is 7.42. The number of benzene rings is 3.